The molecule has 0 bridgehead atoms. The summed E-state index contributed by atoms with van der Waals surface area (Å²) >= 11 is 0. The molecular weight excluding hydrogens is 216 g/mol. The highest BCUT2D eigenvalue weighted by Crippen LogP contribution is 2.22. The number of hydrogen-bond donors (Lipinski definition) is 0. The van der Waals surface area contributed by atoms with Gasteiger partial charge in [-0.25, -0.2) is 0 Å². The van der Waals surface area contributed by atoms with Crippen LogP contribution in [0.2, 0.25) is 0 Å². The van der Waals surface area contributed by atoms with Crippen LogP contribution in [0.5, 0.6) is 0 Å². The van der Waals surface area contributed by atoms with E-state index >= 15 is 0 Å². The van der Waals surface area contributed by atoms with Crippen molar-refractivity contribution in [1.29, 1.82) is 0 Å². The van der Waals surface area contributed by atoms with Gasteiger partial charge in [-0.3, -0.25) is 0 Å². The molecule has 0 saturated heterocycles. The molecular formula is C13H28O2Si. The van der Waals surface area contributed by atoms with Crippen LogP contribution in [0.1, 0.15) is 52.9 Å². The molecule has 0 aliphatic heterocycles. The molecule has 0 radical (unpaired) electrons. The van der Waals surface area contributed by atoms with Gasteiger partial charge in [0, 0.05) is 0 Å². The number of allylic oxidation sites excluding steroid dienone is 1. The maximum Gasteiger partial charge on any atom is 0.149 e. The van der Waals surface area contributed by atoms with Gasteiger partial charge in [-0.1, -0.05) is 39.7 Å². The second-order valence-corrected chi connectivity index (χ2v) is 4.70. The summed E-state index contributed by atoms with van der Waals surface area (Å²) in [6.07, 6.45) is 7.67. The maximum atomic E-state index is 6.06. The van der Waals surface area contributed by atoms with Crippen molar-refractivity contribution < 1.29 is 9.16 Å². The summed E-state index contributed by atoms with van der Waals surface area (Å²) < 4.78 is 11.5. The van der Waals surface area contributed by atoms with Gasteiger partial charge in [0.15, 0.2) is 0 Å². The molecule has 3 atom stereocenters. The van der Waals surface area contributed by atoms with E-state index in [-0.39, 0.29) is 6.29 Å². The summed E-state index contributed by atoms with van der Waals surface area (Å²) in [6.45, 7) is 10.4. The van der Waals surface area contributed by atoms with Crippen molar-refractivity contribution in [2.75, 3.05) is 0 Å². The van der Waals surface area contributed by atoms with E-state index in [4.69, 9.17) is 9.16 Å². The van der Waals surface area contributed by atoms with E-state index in [1.165, 1.54) is 0 Å². The van der Waals surface area contributed by atoms with Crippen LogP contribution in [-0.2, 0) is 9.16 Å². The van der Waals surface area contributed by atoms with Crippen molar-refractivity contribution in [3.63, 3.8) is 0 Å². The zero-order valence-electron chi connectivity index (χ0n) is 11.4. The van der Waals surface area contributed by atoms with Crippen LogP contribution in [0.4, 0.5) is 0 Å². The third-order valence-electron chi connectivity index (χ3n) is 3.04. The monoisotopic (exact) mass is 244 g/mol. The van der Waals surface area contributed by atoms with Crippen LogP contribution in [0.15, 0.2) is 12.7 Å². The quantitative estimate of drug-likeness (QED) is 0.334. The van der Waals surface area contributed by atoms with Crippen LogP contribution in [0, 0.1) is 5.92 Å². The fourth-order valence-corrected chi connectivity index (χ4v) is 2.36. The number of hydrogen-bond acceptors (Lipinski definition) is 2. The van der Waals surface area contributed by atoms with E-state index in [0.29, 0.717) is 12.0 Å². The predicted molar refractivity (Wildman–Crippen MR) is 73.5 cm³/mol. The summed E-state index contributed by atoms with van der Waals surface area (Å²) in [6, 6.07) is 0. The molecule has 0 spiro atoms. The summed E-state index contributed by atoms with van der Waals surface area (Å²) in [4.78, 5) is 0. The first kappa shape index (κ1) is 15.9. The Hall–Kier alpha value is -0.123. The average Bonchev–Trinajstić information content (AvgIpc) is 2.32. The fraction of sp³-hybridized carbons (Fsp3) is 0.846. The molecule has 0 amide bonds. The number of ether oxygens (including phenoxy) is 1. The Balaban J connectivity index is 4.27. The van der Waals surface area contributed by atoms with Crippen LogP contribution >= 0.6 is 0 Å². The first-order valence-electron chi connectivity index (χ1n) is 6.52. The zero-order valence-corrected chi connectivity index (χ0v) is 13.4. The fourth-order valence-electron chi connectivity index (χ4n) is 2.01. The van der Waals surface area contributed by atoms with Crippen LogP contribution in [-0.4, -0.2) is 22.9 Å². The highest BCUT2D eigenvalue weighted by Gasteiger charge is 2.21. The van der Waals surface area contributed by atoms with E-state index in [0.717, 1.165) is 42.6 Å². The minimum atomic E-state index is 0.0143. The predicted octanol–water partition coefficient (Wildman–Crippen LogP) is 2.81. The van der Waals surface area contributed by atoms with E-state index in [9.17, 15) is 0 Å². The summed E-state index contributed by atoms with van der Waals surface area (Å²) in [5.41, 5.74) is 0. The smallest absolute Gasteiger partial charge is 0.149 e. The Kier molecular flexibility index (Phi) is 9.98. The molecule has 0 aromatic rings. The largest absolute Gasteiger partial charge is 0.404 e. The third-order valence-corrected chi connectivity index (χ3v) is 3.56. The lowest BCUT2D eigenvalue weighted by atomic mass is 9.94. The Morgan fingerprint density at radius 3 is 2.31 bits per heavy atom. The molecule has 0 heterocycles. The SMILES string of the molecule is C=CCC(CC)C(CC)OC(CCC)O[SiH3]. The minimum absolute atomic E-state index is 0.0143. The second-order valence-electron chi connectivity index (χ2n) is 4.23. The van der Waals surface area contributed by atoms with Gasteiger partial charge >= 0.3 is 0 Å². The lowest BCUT2D eigenvalue weighted by molar-refractivity contribution is -0.138. The van der Waals surface area contributed by atoms with Gasteiger partial charge in [0.25, 0.3) is 0 Å². The van der Waals surface area contributed by atoms with E-state index in [1.54, 1.807) is 0 Å². The topological polar surface area (TPSA) is 18.5 Å². The lowest BCUT2D eigenvalue weighted by Gasteiger charge is -2.29. The molecule has 0 rings (SSSR count). The number of rotatable bonds is 10. The average molecular weight is 244 g/mol. The van der Waals surface area contributed by atoms with Crippen molar-refractivity contribution in [2.24, 2.45) is 5.92 Å². The third kappa shape index (κ3) is 5.82. The van der Waals surface area contributed by atoms with Gasteiger partial charge in [0.1, 0.15) is 16.8 Å². The summed E-state index contributed by atoms with van der Waals surface area (Å²) in [7, 11) is 0.749. The molecule has 0 saturated carbocycles. The standard InChI is InChI=1S/C13H28O2Si/c1-5-9-11(7-3)12(8-4)14-13(15-16)10-6-2/h5,11-13H,1,6-10H2,2-4,16H3. The molecule has 0 aliphatic rings. The molecule has 2 nitrogen and oxygen atoms in total. The molecule has 0 N–H and O–H groups in total. The molecule has 16 heavy (non-hydrogen) atoms. The van der Waals surface area contributed by atoms with Gasteiger partial charge in [-0.05, 0) is 25.2 Å². The Morgan fingerprint density at radius 2 is 1.94 bits per heavy atom. The van der Waals surface area contributed by atoms with Crippen molar-refractivity contribution in [3.8, 4) is 0 Å². The van der Waals surface area contributed by atoms with Crippen molar-refractivity contribution >= 4 is 10.5 Å². The second kappa shape index (κ2) is 10.1. The highest BCUT2D eigenvalue weighted by atomic mass is 28.2. The maximum absolute atomic E-state index is 6.06. The normalized spacial score (nSPS) is 16.9. The van der Waals surface area contributed by atoms with Crippen molar-refractivity contribution in [1.82, 2.24) is 0 Å². The Labute approximate surface area is 104 Å². The van der Waals surface area contributed by atoms with Gasteiger partial charge in [0.2, 0.25) is 0 Å². The molecule has 0 aliphatic carbocycles. The Bertz CT molecular complexity index is 173. The van der Waals surface area contributed by atoms with Crippen molar-refractivity contribution in [3.05, 3.63) is 12.7 Å². The Morgan fingerprint density at radius 1 is 1.25 bits per heavy atom. The van der Waals surface area contributed by atoms with Crippen molar-refractivity contribution in [2.45, 2.75) is 65.3 Å². The highest BCUT2D eigenvalue weighted by molar-refractivity contribution is 5.98. The van der Waals surface area contributed by atoms with Gasteiger partial charge < -0.3 is 9.16 Å². The molecule has 3 unspecified atom stereocenters. The molecule has 0 fully saturated rings. The molecule has 3 heteroatoms. The van der Waals surface area contributed by atoms with E-state index in [2.05, 4.69) is 27.4 Å². The first-order valence-corrected chi connectivity index (χ1v) is 7.34. The first-order chi connectivity index (χ1) is 7.73. The van der Waals surface area contributed by atoms with Gasteiger partial charge in [0.05, 0.1) is 6.10 Å². The summed E-state index contributed by atoms with van der Waals surface area (Å²) in [5, 5.41) is 0. The van der Waals surface area contributed by atoms with E-state index in [1.807, 2.05) is 6.08 Å². The minimum Gasteiger partial charge on any atom is -0.404 e. The lowest BCUT2D eigenvalue weighted by Crippen LogP contribution is -2.29. The van der Waals surface area contributed by atoms with Gasteiger partial charge in [-0.15, -0.1) is 6.58 Å². The summed E-state index contributed by atoms with van der Waals surface area (Å²) in [5.74, 6) is 0.582. The van der Waals surface area contributed by atoms with Crippen LogP contribution in [0.25, 0.3) is 0 Å². The van der Waals surface area contributed by atoms with Gasteiger partial charge in [-0.2, -0.15) is 0 Å². The molecule has 0 aromatic heterocycles. The van der Waals surface area contributed by atoms with Crippen LogP contribution in [0.3, 0.4) is 0 Å². The molecule has 96 valence electrons. The zero-order chi connectivity index (χ0) is 12.4. The van der Waals surface area contributed by atoms with E-state index < -0.39 is 0 Å². The van der Waals surface area contributed by atoms with Crippen LogP contribution < -0.4 is 0 Å². The molecule has 0 aromatic carbocycles.